The van der Waals surface area contributed by atoms with Gasteiger partial charge in [-0.05, 0) is 49.7 Å². The van der Waals surface area contributed by atoms with Crippen molar-refractivity contribution in [2.45, 2.75) is 20.0 Å². The number of amides is 1. The maximum Gasteiger partial charge on any atom is 0.359 e. The van der Waals surface area contributed by atoms with Gasteiger partial charge < -0.3 is 14.5 Å². The maximum atomic E-state index is 12.3. The number of hydrogen-bond donors (Lipinski definition) is 1. The number of aromatic nitrogens is 2. The summed E-state index contributed by atoms with van der Waals surface area (Å²) < 4.78 is 6.91. The van der Waals surface area contributed by atoms with Gasteiger partial charge in [-0.3, -0.25) is 4.79 Å². The van der Waals surface area contributed by atoms with E-state index in [1.54, 1.807) is 28.9 Å². The van der Waals surface area contributed by atoms with Gasteiger partial charge in [0.15, 0.2) is 11.8 Å². The smallest absolute Gasteiger partial charge is 0.359 e. The second-order valence-corrected chi connectivity index (χ2v) is 6.60. The van der Waals surface area contributed by atoms with E-state index in [2.05, 4.69) is 10.3 Å². The Morgan fingerprint density at radius 3 is 2.77 bits per heavy atom. The van der Waals surface area contributed by atoms with Gasteiger partial charge in [0.25, 0.3) is 5.91 Å². The second-order valence-electron chi connectivity index (χ2n) is 5.76. The molecule has 6 nitrogen and oxygen atoms in total. The normalized spacial score (nSPS) is 12.0. The first-order valence-corrected chi connectivity index (χ1v) is 8.51. The van der Waals surface area contributed by atoms with Crippen LogP contribution in [0.15, 0.2) is 42.7 Å². The van der Waals surface area contributed by atoms with Crippen molar-refractivity contribution in [1.82, 2.24) is 9.38 Å². The number of anilines is 1. The molecule has 0 fully saturated rings. The molecule has 134 valence electrons. The first kappa shape index (κ1) is 18.2. The summed E-state index contributed by atoms with van der Waals surface area (Å²) in [6.07, 6.45) is 2.31. The summed E-state index contributed by atoms with van der Waals surface area (Å²) in [5.41, 5.74) is 2.11. The lowest BCUT2D eigenvalue weighted by molar-refractivity contribution is -0.123. The first-order valence-electron chi connectivity index (χ1n) is 7.76. The lowest BCUT2D eigenvalue weighted by atomic mass is 10.3. The van der Waals surface area contributed by atoms with E-state index in [-0.39, 0.29) is 5.69 Å². The van der Waals surface area contributed by atoms with Crippen LogP contribution in [0.5, 0.6) is 0 Å². The summed E-state index contributed by atoms with van der Waals surface area (Å²) in [6.45, 7) is 3.39. The molecule has 0 aliphatic carbocycles. The molecule has 1 aromatic carbocycles. The second kappa shape index (κ2) is 7.35. The van der Waals surface area contributed by atoms with Gasteiger partial charge in [-0.1, -0.05) is 23.2 Å². The Labute approximate surface area is 159 Å². The molecule has 26 heavy (non-hydrogen) atoms. The number of hydrogen-bond acceptors (Lipinski definition) is 4. The highest BCUT2D eigenvalue weighted by molar-refractivity contribution is 6.35. The fourth-order valence-corrected chi connectivity index (χ4v) is 2.62. The third-order valence-corrected chi connectivity index (χ3v) is 4.23. The number of nitrogens with zero attached hydrogens (tertiary/aromatic N) is 2. The van der Waals surface area contributed by atoms with E-state index in [0.717, 1.165) is 5.56 Å². The molecule has 0 spiro atoms. The Hall–Kier alpha value is -2.57. The third kappa shape index (κ3) is 3.98. The molecular weight excluding hydrogens is 377 g/mol. The maximum absolute atomic E-state index is 12.3. The van der Waals surface area contributed by atoms with Crippen LogP contribution >= 0.6 is 23.2 Å². The van der Waals surface area contributed by atoms with Crippen molar-refractivity contribution >= 4 is 46.4 Å². The van der Waals surface area contributed by atoms with E-state index >= 15 is 0 Å². The molecule has 2 heterocycles. The van der Waals surface area contributed by atoms with Gasteiger partial charge in [-0.2, -0.15) is 0 Å². The van der Waals surface area contributed by atoms with Crippen LogP contribution in [0.3, 0.4) is 0 Å². The lowest BCUT2D eigenvalue weighted by Crippen LogP contribution is -2.30. The molecule has 3 aromatic rings. The van der Waals surface area contributed by atoms with Crippen LogP contribution in [-0.2, 0) is 9.53 Å². The van der Waals surface area contributed by atoms with Gasteiger partial charge in [-0.15, -0.1) is 0 Å². The Kier molecular flexibility index (Phi) is 5.15. The minimum Gasteiger partial charge on any atom is -0.448 e. The summed E-state index contributed by atoms with van der Waals surface area (Å²) >= 11 is 11.9. The van der Waals surface area contributed by atoms with Crippen LogP contribution in [-0.4, -0.2) is 27.4 Å². The number of pyridine rings is 1. The van der Waals surface area contributed by atoms with E-state index in [9.17, 15) is 9.59 Å². The molecule has 3 rings (SSSR count). The number of halogens is 2. The fraction of sp³-hybridized carbons (Fsp3) is 0.167. The molecule has 1 unspecified atom stereocenters. The predicted octanol–water partition coefficient (Wildman–Crippen LogP) is 4.13. The number of esters is 1. The molecule has 0 aliphatic rings. The molecule has 0 aliphatic heterocycles. The number of nitrogens with one attached hydrogen (secondary N) is 1. The van der Waals surface area contributed by atoms with Crippen LogP contribution in [0.25, 0.3) is 5.65 Å². The van der Waals surface area contributed by atoms with Gasteiger partial charge in [0.05, 0.1) is 10.7 Å². The van der Waals surface area contributed by atoms with Crippen molar-refractivity contribution < 1.29 is 14.3 Å². The van der Waals surface area contributed by atoms with Crippen LogP contribution in [0, 0.1) is 6.92 Å². The molecule has 1 N–H and O–H groups in total. The molecule has 0 radical (unpaired) electrons. The Balaban J connectivity index is 1.69. The van der Waals surface area contributed by atoms with Crippen molar-refractivity contribution in [2.24, 2.45) is 0 Å². The summed E-state index contributed by atoms with van der Waals surface area (Å²) in [5, 5.41) is 3.34. The number of aryl methyl sites for hydroxylation is 1. The molecule has 0 saturated heterocycles. The van der Waals surface area contributed by atoms with Gasteiger partial charge in [0.2, 0.25) is 0 Å². The van der Waals surface area contributed by atoms with E-state index < -0.39 is 18.0 Å². The monoisotopic (exact) mass is 391 g/mol. The Morgan fingerprint density at radius 2 is 2.00 bits per heavy atom. The van der Waals surface area contributed by atoms with Crippen molar-refractivity contribution in [3.8, 4) is 0 Å². The minimum atomic E-state index is -1.04. The summed E-state index contributed by atoms with van der Waals surface area (Å²) in [7, 11) is 0. The highest BCUT2D eigenvalue weighted by Crippen LogP contribution is 2.25. The standard InChI is InChI=1S/C18H15Cl2N3O3/c1-10-5-6-23-9-15(21-16(23)7-10)18(25)26-11(2)17(24)22-14-8-12(19)3-4-13(14)20/h3-9,11H,1-2H3,(H,22,24). The summed E-state index contributed by atoms with van der Waals surface area (Å²) in [6, 6.07) is 8.42. The van der Waals surface area contributed by atoms with Gasteiger partial charge >= 0.3 is 5.97 Å². The highest BCUT2D eigenvalue weighted by atomic mass is 35.5. The summed E-state index contributed by atoms with van der Waals surface area (Å²) in [5.74, 6) is -1.21. The number of ether oxygens (including phenoxy) is 1. The molecule has 8 heteroatoms. The topological polar surface area (TPSA) is 72.7 Å². The summed E-state index contributed by atoms with van der Waals surface area (Å²) in [4.78, 5) is 28.7. The zero-order valence-corrected chi connectivity index (χ0v) is 15.5. The molecule has 1 atom stereocenters. The molecule has 1 amide bonds. The van der Waals surface area contributed by atoms with Gasteiger partial charge in [0.1, 0.15) is 5.65 Å². The third-order valence-electron chi connectivity index (χ3n) is 3.66. The number of fused-ring (bicyclic) bond motifs is 1. The molecular formula is C18H15Cl2N3O3. The number of carbonyl (C=O) groups excluding carboxylic acids is 2. The van der Waals surface area contributed by atoms with Crippen LogP contribution in [0.2, 0.25) is 10.0 Å². The molecule has 2 aromatic heterocycles. The zero-order valence-electron chi connectivity index (χ0n) is 14.0. The SMILES string of the molecule is Cc1ccn2cc(C(=O)OC(C)C(=O)Nc3cc(Cl)ccc3Cl)nc2c1. The van der Waals surface area contributed by atoms with E-state index in [1.807, 2.05) is 19.1 Å². The zero-order chi connectivity index (χ0) is 18.8. The number of benzene rings is 1. The fourth-order valence-electron chi connectivity index (χ4n) is 2.28. The Morgan fingerprint density at radius 1 is 1.23 bits per heavy atom. The van der Waals surface area contributed by atoms with Crippen molar-refractivity contribution in [3.63, 3.8) is 0 Å². The van der Waals surface area contributed by atoms with E-state index in [4.69, 9.17) is 27.9 Å². The largest absolute Gasteiger partial charge is 0.448 e. The lowest BCUT2D eigenvalue weighted by Gasteiger charge is -2.13. The van der Waals surface area contributed by atoms with Crippen LogP contribution < -0.4 is 5.32 Å². The predicted molar refractivity (Wildman–Crippen MR) is 99.9 cm³/mol. The van der Waals surface area contributed by atoms with Crippen molar-refractivity contribution in [2.75, 3.05) is 5.32 Å². The number of carbonyl (C=O) groups is 2. The number of imidazole rings is 1. The molecule has 0 bridgehead atoms. The highest BCUT2D eigenvalue weighted by Gasteiger charge is 2.21. The van der Waals surface area contributed by atoms with E-state index in [0.29, 0.717) is 21.4 Å². The average Bonchev–Trinajstić information content (AvgIpc) is 3.01. The Bertz CT molecular complexity index is 1000. The van der Waals surface area contributed by atoms with E-state index in [1.165, 1.54) is 13.0 Å². The van der Waals surface area contributed by atoms with Gasteiger partial charge in [-0.25, -0.2) is 9.78 Å². The van der Waals surface area contributed by atoms with Crippen molar-refractivity contribution in [1.29, 1.82) is 0 Å². The van der Waals surface area contributed by atoms with Crippen LogP contribution in [0.1, 0.15) is 23.0 Å². The van der Waals surface area contributed by atoms with Gasteiger partial charge in [0, 0.05) is 17.4 Å². The first-order chi connectivity index (χ1) is 12.3. The minimum absolute atomic E-state index is 0.121. The molecule has 0 saturated carbocycles. The quantitative estimate of drug-likeness (QED) is 0.678. The van der Waals surface area contributed by atoms with Crippen molar-refractivity contribution in [3.05, 3.63) is 64.0 Å². The number of rotatable bonds is 4. The van der Waals surface area contributed by atoms with Crippen LogP contribution in [0.4, 0.5) is 5.69 Å². The average molecular weight is 392 g/mol.